The van der Waals surface area contributed by atoms with Crippen LogP contribution in [-0.4, -0.2) is 74.9 Å². The molecule has 0 rings (SSSR count). The van der Waals surface area contributed by atoms with E-state index in [1.54, 1.807) is 0 Å². The molecule has 1 N–H and O–H groups in total. The van der Waals surface area contributed by atoms with Crippen LogP contribution in [0.2, 0.25) is 0 Å². The minimum atomic E-state index is -4.38. The maximum atomic E-state index is 12.8. The molecule has 0 radical (unpaired) electrons. The van der Waals surface area contributed by atoms with Crippen LogP contribution >= 0.6 is 7.82 Å². The molecule has 0 aliphatic rings. The smallest absolute Gasteiger partial charge is 0.462 e. The summed E-state index contributed by atoms with van der Waals surface area (Å²) in [5.74, 6) is -0.776. The Labute approximate surface area is 435 Å². The average molecular weight is 1010 g/mol. The van der Waals surface area contributed by atoms with Gasteiger partial charge < -0.3 is 18.9 Å². The Kier molecular flexibility index (Phi) is 51.7. The number of nitrogens with zero attached hydrogens (tertiary/aromatic N) is 1. The highest BCUT2D eigenvalue weighted by Gasteiger charge is 2.27. The molecule has 10 heteroatoms. The Morgan fingerprint density at radius 3 is 1.06 bits per heavy atom. The van der Waals surface area contributed by atoms with Gasteiger partial charge in [0.25, 0.3) is 0 Å². The zero-order chi connectivity index (χ0) is 51.3. The summed E-state index contributed by atoms with van der Waals surface area (Å²) < 4.78 is 34.6. The SMILES string of the molecule is CCCCCCCCCC/C=C\CCCCCCCCCCCCCCCC(=O)OC(COC(=O)CCCCCCCCCCCCCCCCCCCCCCC)COP(=O)(O)OCC[N+](C)(C)C. The Morgan fingerprint density at radius 1 is 0.429 bits per heavy atom. The molecule has 0 aromatic carbocycles. The average Bonchev–Trinajstić information content (AvgIpc) is 3.32. The molecule has 416 valence electrons. The van der Waals surface area contributed by atoms with Crippen LogP contribution in [0.1, 0.15) is 309 Å². The van der Waals surface area contributed by atoms with Gasteiger partial charge in [-0.2, -0.15) is 0 Å². The number of hydrogen-bond acceptors (Lipinski definition) is 7. The minimum absolute atomic E-state index is 0.0358. The molecular weight excluding hydrogens is 894 g/mol. The van der Waals surface area contributed by atoms with E-state index in [2.05, 4.69) is 26.0 Å². The molecule has 0 amide bonds. The van der Waals surface area contributed by atoms with Crippen molar-refractivity contribution in [1.82, 2.24) is 0 Å². The second-order valence-corrected chi connectivity index (χ2v) is 23.6. The number of phosphoric ester groups is 1. The molecule has 0 aliphatic carbocycles. The van der Waals surface area contributed by atoms with E-state index in [9.17, 15) is 19.0 Å². The van der Waals surface area contributed by atoms with E-state index >= 15 is 0 Å². The van der Waals surface area contributed by atoms with Crippen molar-refractivity contribution >= 4 is 19.8 Å². The van der Waals surface area contributed by atoms with Gasteiger partial charge in [0.2, 0.25) is 0 Å². The predicted octanol–water partition coefficient (Wildman–Crippen LogP) is 18.8. The number of hydrogen-bond donors (Lipinski definition) is 1. The quantitative estimate of drug-likeness (QED) is 0.0211. The van der Waals surface area contributed by atoms with E-state index in [0.717, 1.165) is 32.1 Å². The van der Waals surface area contributed by atoms with E-state index in [0.29, 0.717) is 23.9 Å². The van der Waals surface area contributed by atoms with Gasteiger partial charge in [-0.3, -0.25) is 18.6 Å². The van der Waals surface area contributed by atoms with Gasteiger partial charge in [-0.1, -0.05) is 270 Å². The molecule has 70 heavy (non-hydrogen) atoms. The van der Waals surface area contributed by atoms with E-state index in [4.69, 9.17) is 18.5 Å². The summed E-state index contributed by atoms with van der Waals surface area (Å²) in [4.78, 5) is 35.7. The van der Waals surface area contributed by atoms with E-state index in [-0.39, 0.29) is 25.6 Å². The van der Waals surface area contributed by atoms with Crippen molar-refractivity contribution in [3.05, 3.63) is 12.2 Å². The largest absolute Gasteiger partial charge is 0.472 e. The van der Waals surface area contributed by atoms with Crippen molar-refractivity contribution in [1.29, 1.82) is 0 Å². The number of unbranched alkanes of at least 4 members (excludes halogenated alkanes) is 41. The second kappa shape index (κ2) is 52.6. The Hall–Kier alpha value is -1.25. The molecule has 0 bridgehead atoms. The molecule has 0 fully saturated rings. The Bertz CT molecular complexity index is 1190. The van der Waals surface area contributed by atoms with Crippen molar-refractivity contribution < 1.29 is 42.1 Å². The number of carbonyl (C=O) groups is 2. The van der Waals surface area contributed by atoms with Gasteiger partial charge in [0.05, 0.1) is 27.7 Å². The van der Waals surface area contributed by atoms with Gasteiger partial charge in [0, 0.05) is 12.8 Å². The molecule has 0 aromatic heterocycles. The summed E-state index contributed by atoms with van der Waals surface area (Å²) >= 11 is 0. The first kappa shape index (κ1) is 68.8. The van der Waals surface area contributed by atoms with Gasteiger partial charge in [0.1, 0.15) is 19.8 Å². The summed E-state index contributed by atoms with van der Waals surface area (Å²) in [6, 6.07) is 0. The van der Waals surface area contributed by atoms with Crippen molar-refractivity contribution in [3.8, 4) is 0 Å². The minimum Gasteiger partial charge on any atom is -0.462 e. The van der Waals surface area contributed by atoms with Crippen LogP contribution in [0.4, 0.5) is 0 Å². The number of quaternary nitrogens is 1. The van der Waals surface area contributed by atoms with Crippen LogP contribution in [0.25, 0.3) is 0 Å². The Balaban J connectivity index is 4.09. The molecule has 9 nitrogen and oxygen atoms in total. The summed E-state index contributed by atoms with van der Waals surface area (Å²) in [7, 11) is 1.50. The lowest BCUT2D eigenvalue weighted by Gasteiger charge is -2.24. The van der Waals surface area contributed by atoms with Crippen LogP contribution in [0.15, 0.2) is 12.2 Å². The maximum absolute atomic E-state index is 12.8. The molecule has 2 atom stereocenters. The summed E-state index contributed by atoms with van der Waals surface area (Å²) in [6.45, 7) is 4.50. The van der Waals surface area contributed by atoms with Crippen LogP contribution in [0, 0.1) is 0 Å². The number of ether oxygens (including phenoxy) is 2. The van der Waals surface area contributed by atoms with Gasteiger partial charge in [-0.15, -0.1) is 0 Å². The van der Waals surface area contributed by atoms with Crippen molar-refractivity contribution in [2.75, 3.05) is 47.5 Å². The van der Waals surface area contributed by atoms with Crippen molar-refractivity contribution in [2.24, 2.45) is 0 Å². The summed E-state index contributed by atoms with van der Waals surface area (Å²) in [5.41, 5.74) is 0. The fourth-order valence-corrected chi connectivity index (χ4v) is 9.81. The predicted molar refractivity (Wildman–Crippen MR) is 298 cm³/mol. The lowest BCUT2D eigenvalue weighted by molar-refractivity contribution is -0.870. The highest BCUT2D eigenvalue weighted by atomic mass is 31.2. The van der Waals surface area contributed by atoms with E-state index in [1.165, 1.54) is 244 Å². The zero-order valence-electron chi connectivity index (χ0n) is 47.3. The third-order valence-corrected chi connectivity index (χ3v) is 14.8. The van der Waals surface area contributed by atoms with Crippen LogP contribution in [0.5, 0.6) is 0 Å². The van der Waals surface area contributed by atoms with Crippen LogP contribution in [0.3, 0.4) is 0 Å². The molecule has 0 saturated heterocycles. The van der Waals surface area contributed by atoms with Crippen molar-refractivity contribution in [3.63, 3.8) is 0 Å². The first-order valence-electron chi connectivity index (χ1n) is 30.4. The number of likely N-dealkylation sites (N-methyl/N-ethyl adjacent to an activating group) is 1. The third-order valence-electron chi connectivity index (χ3n) is 13.8. The van der Waals surface area contributed by atoms with Gasteiger partial charge in [-0.05, 0) is 38.5 Å². The lowest BCUT2D eigenvalue weighted by Crippen LogP contribution is -2.37. The first-order chi connectivity index (χ1) is 34.0. The van der Waals surface area contributed by atoms with Crippen LogP contribution < -0.4 is 0 Å². The van der Waals surface area contributed by atoms with Gasteiger partial charge >= 0.3 is 19.8 Å². The monoisotopic (exact) mass is 1010 g/mol. The van der Waals surface area contributed by atoms with Gasteiger partial charge in [0.15, 0.2) is 6.10 Å². The fourth-order valence-electron chi connectivity index (χ4n) is 9.07. The molecule has 0 heterocycles. The number of esters is 2. The molecule has 0 aliphatic heterocycles. The fraction of sp³-hybridized carbons (Fsp3) is 0.933. The van der Waals surface area contributed by atoms with E-state index < -0.39 is 26.5 Å². The Morgan fingerprint density at radius 2 is 0.729 bits per heavy atom. The number of phosphoric acid groups is 1. The molecule has 0 saturated carbocycles. The third kappa shape index (κ3) is 56.1. The number of carbonyl (C=O) groups excluding carboxylic acids is 2. The van der Waals surface area contributed by atoms with Crippen molar-refractivity contribution in [2.45, 2.75) is 315 Å². The molecule has 2 unspecified atom stereocenters. The first-order valence-corrected chi connectivity index (χ1v) is 31.9. The standard InChI is InChI=1S/C60H118NO8P/c1-6-8-10-12-14-16-18-20-22-24-26-28-29-30-31-33-35-37-39-41-43-45-47-49-51-53-60(63)69-58(57-68-70(64,65)67-55-54-61(3,4)5)56-66-59(62)52-50-48-46-44-42-40-38-36-34-32-27-25-23-21-19-17-15-13-11-9-7-2/h24,26,58H,6-23,25,27-57H2,1-5H3/p+1/b26-24-. The molecule has 0 spiro atoms. The molecular formula is C60H119NO8P+. The molecule has 0 aromatic rings. The topological polar surface area (TPSA) is 108 Å². The highest BCUT2D eigenvalue weighted by Crippen LogP contribution is 2.43. The number of rotatable bonds is 57. The maximum Gasteiger partial charge on any atom is 0.472 e. The normalized spacial score (nSPS) is 13.3. The zero-order valence-corrected chi connectivity index (χ0v) is 48.2. The van der Waals surface area contributed by atoms with E-state index in [1.807, 2.05) is 21.1 Å². The summed E-state index contributed by atoms with van der Waals surface area (Å²) in [6.07, 6.45) is 61.4. The highest BCUT2D eigenvalue weighted by molar-refractivity contribution is 7.47. The summed E-state index contributed by atoms with van der Waals surface area (Å²) in [5, 5.41) is 0. The van der Waals surface area contributed by atoms with Crippen LogP contribution in [-0.2, 0) is 32.7 Å². The second-order valence-electron chi connectivity index (χ2n) is 22.1. The number of allylic oxidation sites excluding steroid dienone is 2. The lowest BCUT2D eigenvalue weighted by atomic mass is 10.0. The van der Waals surface area contributed by atoms with Gasteiger partial charge in [-0.25, -0.2) is 4.57 Å².